The number of hydrogen-bond donors (Lipinski definition) is 1. The highest BCUT2D eigenvalue weighted by Crippen LogP contribution is 2.19. The van der Waals surface area contributed by atoms with Crippen molar-refractivity contribution in [1.29, 1.82) is 0 Å². The summed E-state index contributed by atoms with van der Waals surface area (Å²) >= 11 is 0. The van der Waals surface area contributed by atoms with Crippen LogP contribution in [0.25, 0.3) is 0 Å². The number of ether oxygens (including phenoxy) is 1. The van der Waals surface area contributed by atoms with Crippen LogP contribution in [0, 0.1) is 0 Å². The normalized spacial score (nSPS) is 11.6. The molecule has 2 aromatic carbocycles. The molecule has 0 saturated heterocycles. The van der Waals surface area contributed by atoms with E-state index in [1.54, 1.807) is 0 Å². The van der Waals surface area contributed by atoms with E-state index < -0.39 is 6.09 Å². The predicted molar refractivity (Wildman–Crippen MR) is 78.7 cm³/mol. The molecule has 0 aliphatic carbocycles. The number of hydrogen-bond acceptors (Lipinski definition) is 2. The van der Waals surface area contributed by atoms with Crippen LogP contribution in [0.3, 0.4) is 0 Å². The predicted octanol–water partition coefficient (Wildman–Crippen LogP) is 3.49. The molecule has 0 heterocycles. The highest BCUT2D eigenvalue weighted by Gasteiger charge is 2.09. The lowest BCUT2D eigenvalue weighted by molar-refractivity contribution is 0.139. The van der Waals surface area contributed by atoms with Gasteiger partial charge in [0.05, 0.1) is 5.78 Å². The molecular formula is C15H16NO2P. The molecular weight excluding hydrogens is 257 g/mol. The molecule has 0 radical (unpaired) electrons. The summed E-state index contributed by atoms with van der Waals surface area (Å²) in [6.07, 6.45) is -0.423. The molecule has 2 unspecified atom stereocenters. The van der Waals surface area contributed by atoms with Gasteiger partial charge in [-0.3, -0.25) is 0 Å². The molecule has 0 fully saturated rings. The van der Waals surface area contributed by atoms with Crippen molar-refractivity contribution in [3.8, 4) is 0 Å². The Balaban J connectivity index is 1.82. The van der Waals surface area contributed by atoms with Gasteiger partial charge in [0.25, 0.3) is 0 Å². The molecule has 0 bridgehead atoms. The first kappa shape index (κ1) is 13.6. The minimum atomic E-state index is -0.423. The van der Waals surface area contributed by atoms with Crippen LogP contribution in [0.5, 0.6) is 0 Å². The van der Waals surface area contributed by atoms with Crippen LogP contribution >= 0.6 is 9.24 Å². The third-order valence-electron chi connectivity index (χ3n) is 2.64. The van der Waals surface area contributed by atoms with Gasteiger partial charge in [-0.15, -0.1) is 9.24 Å². The lowest BCUT2D eigenvalue weighted by Gasteiger charge is -2.14. The molecule has 2 atom stereocenters. The second-order valence-corrected chi connectivity index (χ2v) is 4.76. The molecule has 0 spiro atoms. The third kappa shape index (κ3) is 4.38. The highest BCUT2D eigenvalue weighted by atomic mass is 31.0. The zero-order chi connectivity index (χ0) is 13.5. The summed E-state index contributed by atoms with van der Waals surface area (Å²) in [7, 11) is 2.58. The van der Waals surface area contributed by atoms with Crippen molar-refractivity contribution < 1.29 is 9.53 Å². The van der Waals surface area contributed by atoms with Gasteiger partial charge in [0.15, 0.2) is 0 Å². The van der Waals surface area contributed by atoms with E-state index in [2.05, 4.69) is 14.6 Å². The molecule has 0 aliphatic rings. The SMILES string of the molecule is O=C(NC(P)c1ccccc1)OCc1ccccc1. The highest BCUT2D eigenvalue weighted by molar-refractivity contribution is 7.17. The monoisotopic (exact) mass is 273 g/mol. The standard InChI is InChI=1S/C15H16NO2P/c17-15(18-11-12-7-3-1-4-8-12)16-14(19)13-9-5-2-6-10-13/h1-10,14H,11,19H2,(H,16,17). The Kier molecular flexibility index (Phi) is 4.93. The van der Waals surface area contributed by atoms with E-state index in [1.807, 2.05) is 60.7 Å². The first-order valence-corrected chi connectivity index (χ1v) is 6.70. The fourth-order valence-corrected chi connectivity index (χ4v) is 1.99. The Morgan fingerprint density at radius 2 is 1.63 bits per heavy atom. The lowest BCUT2D eigenvalue weighted by Crippen LogP contribution is -2.25. The number of carbonyl (C=O) groups is 1. The van der Waals surface area contributed by atoms with E-state index >= 15 is 0 Å². The van der Waals surface area contributed by atoms with Gasteiger partial charge >= 0.3 is 6.09 Å². The van der Waals surface area contributed by atoms with Gasteiger partial charge in [-0.1, -0.05) is 60.7 Å². The molecule has 2 rings (SSSR count). The van der Waals surface area contributed by atoms with Crippen LogP contribution in [-0.2, 0) is 11.3 Å². The Bertz CT molecular complexity index is 516. The minimum absolute atomic E-state index is 0.149. The van der Waals surface area contributed by atoms with Crippen molar-refractivity contribution in [2.24, 2.45) is 0 Å². The average molecular weight is 273 g/mol. The Labute approximate surface area is 115 Å². The molecule has 1 N–H and O–H groups in total. The fourth-order valence-electron chi connectivity index (χ4n) is 1.64. The van der Waals surface area contributed by atoms with Crippen LogP contribution in [0.15, 0.2) is 60.7 Å². The van der Waals surface area contributed by atoms with Crippen LogP contribution in [0.2, 0.25) is 0 Å². The van der Waals surface area contributed by atoms with Crippen LogP contribution in [0.4, 0.5) is 4.79 Å². The van der Waals surface area contributed by atoms with E-state index in [-0.39, 0.29) is 12.4 Å². The quantitative estimate of drug-likeness (QED) is 0.866. The molecule has 1 amide bonds. The van der Waals surface area contributed by atoms with Gasteiger partial charge in [0.2, 0.25) is 0 Å². The van der Waals surface area contributed by atoms with E-state index in [0.717, 1.165) is 11.1 Å². The molecule has 4 heteroatoms. The zero-order valence-corrected chi connectivity index (χ0v) is 11.6. The smallest absolute Gasteiger partial charge is 0.408 e. The molecule has 2 aromatic rings. The lowest BCUT2D eigenvalue weighted by atomic mass is 10.2. The van der Waals surface area contributed by atoms with E-state index in [9.17, 15) is 4.79 Å². The van der Waals surface area contributed by atoms with Gasteiger partial charge < -0.3 is 10.1 Å². The van der Waals surface area contributed by atoms with Crippen molar-refractivity contribution in [3.05, 3.63) is 71.8 Å². The summed E-state index contributed by atoms with van der Waals surface area (Å²) in [5.41, 5.74) is 1.99. The minimum Gasteiger partial charge on any atom is -0.445 e. The maximum atomic E-state index is 11.7. The second kappa shape index (κ2) is 6.91. The van der Waals surface area contributed by atoms with E-state index in [1.165, 1.54) is 0 Å². The molecule has 0 saturated carbocycles. The number of amides is 1. The first-order chi connectivity index (χ1) is 9.25. The van der Waals surface area contributed by atoms with Gasteiger partial charge in [0, 0.05) is 0 Å². The summed E-state index contributed by atoms with van der Waals surface area (Å²) in [6.45, 7) is 0.277. The van der Waals surface area contributed by atoms with Crippen LogP contribution in [-0.4, -0.2) is 6.09 Å². The zero-order valence-electron chi connectivity index (χ0n) is 10.5. The number of rotatable bonds is 4. The summed E-state index contributed by atoms with van der Waals surface area (Å²) in [6, 6.07) is 19.3. The van der Waals surface area contributed by atoms with Gasteiger partial charge in [-0.2, -0.15) is 0 Å². The van der Waals surface area contributed by atoms with Crippen molar-refractivity contribution in [3.63, 3.8) is 0 Å². The number of benzene rings is 2. The molecule has 3 nitrogen and oxygen atoms in total. The Morgan fingerprint density at radius 1 is 1.05 bits per heavy atom. The number of carbonyl (C=O) groups excluding carboxylic acids is 1. The van der Waals surface area contributed by atoms with E-state index in [0.29, 0.717) is 0 Å². The summed E-state index contributed by atoms with van der Waals surface area (Å²) < 4.78 is 5.16. The fraction of sp³-hybridized carbons (Fsp3) is 0.133. The van der Waals surface area contributed by atoms with Crippen molar-refractivity contribution in [2.75, 3.05) is 0 Å². The Morgan fingerprint density at radius 3 is 2.26 bits per heavy atom. The van der Waals surface area contributed by atoms with Crippen molar-refractivity contribution >= 4 is 15.3 Å². The number of alkyl carbamates (subject to hydrolysis) is 1. The Hall–Kier alpha value is -1.86. The van der Waals surface area contributed by atoms with Gasteiger partial charge in [-0.05, 0) is 11.1 Å². The van der Waals surface area contributed by atoms with Crippen LogP contribution in [0.1, 0.15) is 16.9 Å². The third-order valence-corrected chi connectivity index (χ3v) is 3.20. The van der Waals surface area contributed by atoms with Gasteiger partial charge in [-0.25, -0.2) is 4.79 Å². The molecule has 0 aromatic heterocycles. The summed E-state index contributed by atoms with van der Waals surface area (Å²) in [5.74, 6) is -0.149. The molecule has 98 valence electrons. The van der Waals surface area contributed by atoms with Crippen LogP contribution < -0.4 is 5.32 Å². The average Bonchev–Trinajstić information content (AvgIpc) is 2.47. The van der Waals surface area contributed by atoms with E-state index in [4.69, 9.17) is 4.74 Å². The summed E-state index contributed by atoms with van der Waals surface area (Å²) in [4.78, 5) is 11.7. The van der Waals surface area contributed by atoms with Gasteiger partial charge in [0.1, 0.15) is 6.61 Å². The maximum Gasteiger partial charge on any atom is 0.408 e. The van der Waals surface area contributed by atoms with Crippen molar-refractivity contribution in [1.82, 2.24) is 5.32 Å². The molecule has 19 heavy (non-hydrogen) atoms. The summed E-state index contributed by atoms with van der Waals surface area (Å²) in [5, 5.41) is 2.77. The largest absolute Gasteiger partial charge is 0.445 e. The first-order valence-electron chi connectivity index (χ1n) is 6.03. The topological polar surface area (TPSA) is 38.3 Å². The maximum absolute atomic E-state index is 11.7. The number of nitrogens with one attached hydrogen (secondary N) is 1. The van der Waals surface area contributed by atoms with Crippen molar-refractivity contribution in [2.45, 2.75) is 12.4 Å². The second-order valence-electron chi connectivity index (χ2n) is 4.09. The molecule has 0 aliphatic heterocycles.